The Kier molecular flexibility index (Phi) is 6.51. The van der Waals surface area contributed by atoms with Crippen LogP contribution in [0.5, 0.6) is 0 Å². The minimum absolute atomic E-state index is 0.0936. The van der Waals surface area contributed by atoms with E-state index in [4.69, 9.17) is 4.74 Å². The van der Waals surface area contributed by atoms with E-state index in [0.717, 1.165) is 61.4 Å². The number of unbranched alkanes of at least 4 members (excludes halogenated alkanes) is 2. The van der Waals surface area contributed by atoms with Crippen molar-refractivity contribution in [3.63, 3.8) is 0 Å². The number of carbonyl (C=O) groups is 1. The summed E-state index contributed by atoms with van der Waals surface area (Å²) in [7, 11) is 0. The summed E-state index contributed by atoms with van der Waals surface area (Å²) in [5.41, 5.74) is 1.96. The largest absolute Gasteiger partial charge is 0.378 e. The summed E-state index contributed by atoms with van der Waals surface area (Å²) in [6.45, 7) is 5.34. The molecule has 5 heteroatoms. The molecule has 0 aliphatic carbocycles. The number of hydrogen-bond acceptors (Lipinski definition) is 3. The zero-order chi connectivity index (χ0) is 15.1. The van der Waals surface area contributed by atoms with Gasteiger partial charge in [0.05, 0.1) is 24.6 Å². The van der Waals surface area contributed by atoms with Gasteiger partial charge in [-0.3, -0.25) is 4.79 Å². The third kappa shape index (κ3) is 5.00. The third-order valence-corrected chi connectivity index (χ3v) is 4.09. The topological polar surface area (TPSA) is 41.6 Å². The van der Waals surface area contributed by atoms with Crippen molar-refractivity contribution in [1.82, 2.24) is 0 Å². The number of halogens is 1. The number of morpholine rings is 1. The molecule has 0 saturated carbocycles. The van der Waals surface area contributed by atoms with Crippen molar-refractivity contribution < 1.29 is 9.53 Å². The van der Waals surface area contributed by atoms with Gasteiger partial charge in [-0.2, -0.15) is 0 Å². The number of benzene rings is 1. The minimum atomic E-state index is 0.0936. The molecule has 0 radical (unpaired) electrons. The Morgan fingerprint density at radius 2 is 2.10 bits per heavy atom. The Hall–Kier alpha value is -1.07. The molecule has 1 saturated heterocycles. The molecule has 0 spiro atoms. The quantitative estimate of drug-likeness (QED) is 0.789. The van der Waals surface area contributed by atoms with E-state index in [1.807, 2.05) is 12.1 Å². The molecule has 1 aliphatic rings. The van der Waals surface area contributed by atoms with Crippen LogP contribution < -0.4 is 10.2 Å². The van der Waals surface area contributed by atoms with E-state index in [2.05, 4.69) is 39.1 Å². The summed E-state index contributed by atoms with van der Waals surface area (Å²) >= 11 is 3.48. The lowest BCUT2D eigenvalue weighted by atomic mass is 10.2. The van der Waals surface area contributed by atoms with Crippen LogP contribution in [0.25, 0.3) is 0 Å². The molecule has 0 atom stereocenters. The van der Waals surface area contributed by atoms with Crippen LogP contribution in [-0.2, 0) is 9.53 Å². The van der Waals surface area contributed by atoms with Crippen molar-refractivity contribution in [2.75, 3.05) is 36.5 Å². The first kappa shape index (κ1) is 16.3. The highest BCUT2D eigenvalue weighted by Crippen LogP contribution is 2.30. The predicted octanol–water partition coefficient (Wildman–Crippen LogP) is 3.80. The van der Waals surface area contributed by atoms with Gasteiger partial charge in [0.15, 0.2) is 0 Å². The number of nitrogens with one attached hydrogen (secondary N) is 1. The van der Waals surface area contributed by atoms with Crippen LogP contribution >= 0.6 is 15.9 Å². The number of hydrogen-bond donors (Lipinski definition) is 1. The Balaban J connectivity index is 2.05. The number of ether oxygens (including phenoxy) is 1. The van der Waals surface area contributed by atoms with Crippen LogP contribution in [0.2, 0.25) is 0 Å². The van der Waals surface area contributed by atoms with E-state index < -0.39 is 0 Å². The van der Waals surface area contributed by atoms with Crippen molar-refractivity contribution in [1.29, 1.82) is 0 Å². The molecule has 1 fully saturated rings. The maximum Gasteiger partial charge on any atom is 0.224 e. The van der Waals surface area contributed by atoms with E-state index in [1.54, 1.807) is 0 Å². The molecule has 0 aromatic heterocycles. The first-order valence-electron chi connectivity index (χ1n) is 7.63. The first-order valence-corrected chi connectivity index (χ1v) is 8.42. The lowest BCUT2D eigenvalue weighted by Gasteiger charge is -2.30. The molecule has 1 N–H and O–H groups in total. The SMILES string of the molecule is CCCCCC(=O)Nc1cc(Br)ccc1N1CCOCC1. The highest BCUT2D eigenvalue weighted by atomic mass is 79.9. The first-order chi connectivity index (χ1) is 10.2. The Morgan fingerprint density at radius 1 is 1.33 bits per heavy atom. The highest BCUT2D eigenvalue weighted by Gasteiger charge is 2.16. The normalized spacial score (nSPS) is 15.0. The van der Waals surface area contributed by atoms with E-state index in [1.165, 1.54) is 0 Å². The molecule has 1 heterocycles. The zero-order valence-corrected chi connectivity index (χ0v) is 14.1. The Labute approximate surface area is 135 Å². The lowest BCUT2D eigenvalue weighted by Crippen LogP contribution is -2.36. The van der Waals surface area contributed by atoms with Crippen molar-refractivity contribution in [3.8, 4) is 0 Å². The van der Waals surface area contributed by atoms with Crippen LogP contribution in [0.4, 0.5) is 11.4 Å². The molecule has 1 amide bonds. The van der Waals surface area contributed by atoms with Crippen LogP contribution in [-0.4, -0.2) is 32.2 Å². The lowest BCUT2D eigenvalue weighted by molar-refractivity contribution is -0.116. The van der Waals surface area contributed by atoms with Crippen LogP contribution in [0, 0.1) is 0 Å². The van der Waals surface area contributed by atoms with E-state index in [0.29, 0.717) is 6.42 Å². The Bertz CT molecular complexity index is 473. The van der Waals surface area contributed by atoms with Gasteiger partial charge >= 0.3 is 0 Å². The maximum absolute atomic E-state index is 12.1. The van der Waals surface area contributed by atoms with Crippen LogP contribution in [0.3, 0.4) is 0 Å². The summed E-state index contributed by atoms with van der Waals surface area (Å²) in [4.78, 5) is 14.3. The van der Waals surface area contributed by atoms with Gasteiger partial charge in [0.1, 0.15) is 0 Å². The van der Waals surface area contributed by atoms with E-state index in [-0.39, 0.29) is 5.91 Å². The Morgan fingerprint density at radius 3 is 2.81 bits per heavy atom. The molecule has 116 valence electrons. The van der Waals surface area contributed by atoms with Gasteiger partial charge in [-0.15, -0.1) is 0 Å². The number of carbonyl (C=O) groups excluding carboxylic acids is 1. The molecular formula is C16H23BrN2O2. The van der Waals surface area contributed by atoms with Gasteiger partial charge in [-0.05, 0) is 24.6 Å². The standard InChI is InChI=1S/C16H23BrN2O2/c1-2-3-4-5-16(20)18-14-12-13(17)6-7-15(14)19-8-10-21-11-9-19/h6-7,12H,2-5,8-11H2,1H3,(H,18,20). The van der Waals surface area contributed by atoms with Crippen molar-refractivity contribution in [3.05, 3.63) is 22.7 Å². The number of amides is 1. The molecule has 21 heavy (non-hydrogen) atoms. The number of nitrogens with zero attached hydrogens (tertiary/aromatic N) is 1. The number of anilines is 2. The van der Waals surface area contributed by atoms with Crippen molar-refractivity contribution >= 4 is 33.2 Å². The van der Waals surface area contributed by atoms with Crippen molar-refractivity contribution in [2.45, 2.75) is 32.6 Å². The van der Waals surface area contributed by atoms with Crippen LogP contribution in [0.1, 0.15) is 32.6 Å². The fourth-order valence-corrected chi connectivity index (χ4v) is 2.80. The summed E-state index contributed by atoms with van der Waals surface area (Å²) in [5.74, 6) is 0.0936. The van der Waals surface area contributed by atoms with Gasteiger partial charge in [-0.25, -0.2) is 0 Å². The molecular weight excluding hydrogens is 332 g/mol. The second-order valence-electron chi connectivity index (χ2n) is 5.27. The average molecular weight is 355 g/mol. The van der Waals surface area contributed by atoms with Gasteiger partial charge < -0.3 is 15.0 Å². The van der Waals surface area contributed by atoms with Gasteiger partial charge in [0.2, 0.25) is 5.91 Å². The molecule has 1 aliphatic heterocycles. The maximum atomic E-state index is 12.1. The van der Waals surface area contributed by atoms with Crippen LogP contribution in [0.15, 0.2) is 22.7 Å². The zero-order valence-electron chi connectivity index (χ0n) is 12.5. The minimum Gasteiger partial charge on any atom is -0.378 e. The number of rotatable bonds is 6. The smallest absolute Gasteiger partial charge is 0.224 e. The summed E-state index contributed by atoms with van der Waals surface area (Å²) in [6.07, 6.45) is 3.76. The van der Waals surface area contributed by atoms with Gasteiger partial charge in [0, 0.05) is 24.0 Å². The summed E-state index contributed by atoms with van der Waals surface area (Å²) in [6, 6.07) is 6.04. The fourth-order valence-electron chi connectivity index (χ4n) is 2.44. The third-order valence-electron chi connectivity index (χ3n) is 3.59. The molecule has 0 bridgehead atoms. The summed E-state index contributed by atoms with van der Waals surface area (Å²) in [5, 5.41) is 3.06. The van der Waals surface area contributed by atoms with Gasteiger partial charge in [-0.1, -0.05) is 35.7 Å². The molecule has 4 nitrogen and oxygen atoms in total. The average Bonchev–Trinajstić information content (AvgIpc) is 2.48. The molecule has 1 aromatic carbocycles. The predicted molar refractivity (Wildman–Crippen MR) is 89.9 cm³/mol. The second kappa shape index (κ2) is 8.39. The molecule has 0 unspecified atom stereocenters. The van der Waals surface area contributed by atoms with E-state index in [9.17, 15) is 4.79 Å². The van der Waals surface area contributed by atoms with E-state index >= 15 is 0 Å². The highest BCUT2D eigenvalue weighted by molar-refractivity contribution is 9.10. The molecule has 1 aromatic rings. The fraction of sp³-hybridized carbons (Fsp3) is 0.562. The molecule has 2 rings (SSSR count). The summed E-state index contributed by atoms with van der Waals surface area (Å²) < 4.78 is 6.37. The van der Waals surface area contributed by atoms with Crippen molar-refractivity contribution in [2.24, 2.45) is 0 Å². The monoisotopic (exact) mass is 354 g/mol. The second-order valence-corrected chi connectivity index (χ2v) is 6.18. The van der Waals surface area contributed by atoms with Gasteiger partial charge in [0.25, 0.3) is 0 Å².